The second kappa shape index (κ2) is 14.5. The number of thioether (sulfide) groups is 1. The van der Waals surface area contributed by atoms with E-state index in [2.05, 4.69) is 41.3 Å². The molecular weight excluding hydrogens is 611 g/mol. The zero-order chi connectivity index (χ0) is 32.9. The van der Waals surface area contributed by atoms with Gasteiger partial charge in [0.15, 0.2) is 11.0 Å². The van der Waals surface area contributed by atoms with E-state index in [9.17, 15) is 9.59 Å². The van der Waals surface area contributed by atoms with Crippen LogP contribution in [0.4, 0.5) is 5.69 Å². The lowest BCUT2D eigenvalue weighted by atomic mass is 9.75. The molecule has 0 radical (unpaired) electrons. The van der Waals surface area contributed by atoms with Crippen molar-refractivity contribution in [1.82, 2.24) is 19.7 Å². The van der Waals surface area contributed by atoms with Crippen LogP contribution in [0.5, 0.6) is 5.75 Å². The number of hydrogen-bond acceptors (Lipinski definition) is 7. The lowest BCUT2D eigenvalue weighted by molar-refractivity contribution is -0.113. The molecule has 2 aromatic heterocycles. The highest BCUT2D eigenvalue weighted by atomic mass is 32.2. The molecule has 1 saturated carbocycles. The number of anilines is 1. The van der Waals surface area contributed by atoms with Crippen molar-refractivity contribution in [3.63, 3.8) is 0 Å². The number of para-hydroxylation sites is 2. The number of benzene rings is 3. The first-order valence-electron chi connectivity index (χ1n) is 16.3. The van der Waals surface area contributed by atoms with Gasteiger partial charge < -0.3 is 19.8 Å². The fourth-order valence-electron chi connectivity index (χ4n) is 6.42. The highest BCUT2D eigenvalue weighted by Crippen LogP contribution is 2.36. The number of carbonyl (C=O) groups excluding carboxylic acids is 2. The summed E-state index contributed by atoms with van der Waals surface area (Å²) in [6, 6.07) is 22.8. The van der Waals surface area contributed by atoms with Gasteiger partial charge in [-0.3, -0.25) is 9.36 Å². The van der Waals surface area contributed by atoms with E-state index in [1.54, 1.807) is 24.3 Å². The monoisotopic (exact) mass is 651 g/mol. The summed E-state index contributed by atoms with van der Waals surface area (Å²) < 4.78 is 13.7. The summed E-state index contributed by atoms with van der Waals surface area (Å²) in [5.74, 6) is 2.07. The van der Waals surface area contributed by atoms with Gasteiger partial charge in [-0.05, 0) is 80.0 Å². The predicted octanol–water partition coefficient (Wildman–Crippen LogP) is 8.16. The first-order chi connectivity index (χ1) is 22.8. The largest absolute Gasteiger partial charge is 0.494 e. The van der Waals surface area contributed by atoms with Gasteiger partial charge in [0.05, 0.1) is 23.6 Å². The Morgan fingerprint density at radius 3 is 2.57 bits per heavy atom. The van der Waals surface area contributed by atoms with E-state index in [1.807, 2.05) is 66.2 Å². The zero-order valence-electron chi connectivity index (χ0n) is 27.2. The maximum absolute atomic E-state index is 13.4. The van der Waals surface area contributed by atoms with Crippen molar-refractivity contribution < 1.29 is 19.1 Å². The van der Waals surface area contributed by atoms with Crippen molar-refractivity contribution in [2.75, 3.05) is 17.7 Å². The van der Waals surface area contributed by atoms with E-state index in [0.717, 1.165) is 47.2 Å². The average Bonchev–Trinajstić information content (AvgIpc) is 3.68. The third kappa shape index (κ3) is 7.22. The number of aromatic amines is 1. The van der Waals surface area contributed by atoms with E-state index < -0.39 is 5.97 Å². The van der Waals surface area contributed by atoms with E-state index in [1.165, 1.54) is 11.8 Å². The Balaban J connectivity index is 1.21. The first-order valence-corrected chi connectivity index (χ1v) is 17.3. The summed E-state index contributed by atoms with van der Waals surface area (Å²) in [4.78, 5) is 30.1. The van der Waals surface area contributed by atoms with Crippen molar-refractivity contribution >= 4 is 40.2 Å². The Bertz CT molecular complexity index is 1850. The smallest absolute Gasteiger partial charge is 0.340 e. The van der Waals surface area contributed by atoms with Gasteiger partial charge in [-0.25, -0.2) is 4.79 Å². The minimum atomic E-state index is -0.406. The summed E-state index contributed by atoms with van der Waals surface area (Å²) in [6.07, 6.45) is 4.85. The molecule has 1 fully saturated rings. The van der Waals surface area contributed by atoms with Crippen molar-refractivity contribution in [2.45, 2.75) is 58.2 Å². The molecule has 9 nitrogen and oxygen atoms in total. The molecule has 47 heavy (non-hydrogen) atoms. The number of rotatable bonds is 11. The van der Waals surface area contributed by atoms with E-state index in [0.29, 0.717) is 46.6 Å². The number of esters is 1. The minimum Gasteiger partial charge on any atom is -0.494 e. The maximum Gasteiger partial charge on any atom is 0.340 e. The third-order valence-corrected chi connectivity index (χ3v) is 9.77. The Morgan fingerprint density at radius 1 is 1.02 bits per heavy atom. The second-order valence-corrected chi connectivity index (χ2v) is 13.4. The Kier molecular flexibility index (Phi) is 9.96. The SMILES string of the molecule is CCOc1ccc(-n2c(SCC(=O)Nc3ccccc3C(=O)O[C@H]3C[C@@H](C)CC[C@@H]3C(C)C)nnc2-c2c[nH]c3ccccc23)cc1. The highest BCUT2D eigenvalue weighted by molar-refractivity contribution is 7.99. The highest BCUT2D eigenvalue weighted by Gasteiger charge is 2.34. The molecule has 5 aromatic rings. The van der Waals surface area contributed by atoms with Crippen molar-refractivity contribution in [3.8, 4) is 22.8 Å². The molecule has 0 unspecified atom stereocenters. The van der Waals surface area contributed by atoms with Gasteiger partial charge in [0.25, 0.3) is 0 Å². The molecule has 10 heteroatoms. The number of fused-ring (bicyclic) bond motifs is 1. The Hall–Kier alpha value is -4.57. The van der Waals surface area contributed by atoms with Crippen LogP contribution in [0.15, 0.2) is 84.1 Å². The maximum atomic E-state index is 13.4. The van der Waals surface area contributed by atoms with Crippen LogP contribution in [0.2, 0.25) is 0 Å². The number of ether oxygens (including phenoxy) is 2. The van der Waals surface area contributed by atoms with Gasteiger partial charge in [0.2, 0.25) is 5.91 Å². The fourth-order valence-corrected chi connectivity index (χ4v) is 7.17. The summed E-state index contributed by atoms with van der Waals surface area (Å²) >= 11 is 1.27. The topological polar surface area (TPSA) is 111 Å². The Morgan fingerprint density at radius 2 is 1.79 bits per heavy atom. The molecule has 3 aromatic carbocycles. The average molecular weight is 652 g/mol. The fraction of sp³-hybridized carbons (Fsp3) is 0.351. The zero-order valence-corrected chi connectivity index (χ0v) is 28.0. The number of nitrogens with one attached hydrogen (secondary N) is 2. The minimum absolute atomic E-state index is 0.0575. The Labute approximate surface area is 279 Å². The molecular formula is C37H41N5O4S. The first kappa shape index (κ1) is 32.4. The third-order valence-electron chi connectivity index (χ3n) is 8.84. The number of H-pyrrole nitrogens is 1. The summed E-state index contributed by atoms with van der Waals surface area (Å²) in [5.41, 5.74) is 3.52. The number of nitrogens with zero attached hydrogens (tertiary/aromatic N) is 3. The van der Waals surface area contributed by atoms with Crippen LogP contribution in [-0.4, -0.2) is 50.1 Å². The summed E-state index contributed by atoms with van der Waals surface area (Å²) in [6.45, 7) is 9.11. The summed E-state index contributed by atoms with van der Waals surface area (Å²) in [7, 11) is 0. The standard InChI is InChI=1S/C37H41N5O4S/c1-5-45-26-17-15-25(16-18-26)42-35(30-21-38-31-12-8-6-10-28(30)31)40-41-37(42)47-22-34(43)39-32-13-9-7-11-29(32)36(44)46-33-20-24(4)14-19-27(33)23(2)3/h6-13,15-18,21,23-24,27,33,38H,5,14,19-20,22H2,1-4H3,(H,39,43)/t24-,27+,33-/m0/s1. The van der Waals surface area contributed by atoms with Crippen LogP contribution < -0.4 is 10.1 Å². The van der Waals surface area contributed by atoms with Gasteiger partial charge >= 0.3 is 5.97 Å². The summed E-state index contributed by atoms with van der Waals surface area (Å²) in [5, 5.41) is 13.6. The molecule has 244 valence electrons. The number of hydrogen-bond donors (Lipinski definition) is 2. The van der Waals surface area contributed by atoms with Crippen molar-refractivity contribution in [1.29, 1.82) is 0 Å². The van der Waals surface area contributed by atoms with Crippen LogP contribution >= 0.6 is 11.8 Å². The molecule has 0 aliphatic heterocycles. The van der Waals surface area contributed by atoms with Crippen LogP contribution in [0.25, 0.3) is 28.0 Å². The molecule has 0 bridgehead atoms. The molecule has 3 atom stereocenters. The lowest BCUT2D eigenvalue weighted by Crippen LogP contribution is -2.36. The molecule has 1 aliphatic rings. The molecule has 1 amide bonds. The molecule has 2 N–H and O–H groups in total. The van der Waals surface area contributed by atoms with E-state index in [-0.39, 0.29) is 17.8 Å². The van der Waals surface area contributed by atoms with Crippen LogP contribution in [0, 0.1) is 17.8 Å². The van der Waals surface area contributed by atoms with E-state index >= 15 is 0 Å². The van der Waals surface area contributed by atoms with Gasteiger partial charge in [-0.15, -0.1) is 10.2 Å². The molecule has 0 spiro atoms. The lowest BCUT2D eigenvalue weighted by Gasteiger charge is -2.36. The quantitative estimate of drug-likeness (QED) is 0.109. The molecule has 6 rings (SSSR count). The van der Waals surface area contributed by atoms with Crippen LogP contribution in [0.3, 0.4) is 0 Å². The van der Waals surface area contributed by atoms with Crippen molar-refractivity contribution in [3.05, 3.63) is 84.6 Å². The number of carbonyl (C=O) groups is 2. The molecule has 0 saturated heterocycles. The molecule has 2 heterocycles. The van der Waals surface area contributed by atoms with Gasteiger partial charge in [-0.2, -0.15) is 0 Å². The van der Waals surface area contributed by atoms with Crippen LogP contribution in [0.1, 0.15) is 57.3 Å². The normalized spacial score (nSPS) is 17.9. The van der Waals surface area contributed by atoms with Gasteiger partial charge in [-0.1, -0.05) is 69.3 Å². The van der Waals surface area contributed by atoms with Gasteiger partial charge in [0, 0.05) is 28.4 Å². The predicted molar refractivity (Wildman–Crippen MR) is 186 cm³/mol. The number of aromatic nitrogens is 4. The van der Waals surface area contributed by atoms with Gasteiger partial charge in [0.1, 0.15) is 11.9 Å². The van der Waals surface area contributed by atoms with Crippen LogP contribution in [-0.2, 0) is 9.53 Å². The molecule has 1 aliphatic carbocycles. The number of amides is 1. The van der Waals surface area contributed by atoms with Crippen molar-refractivity contribution in [2.24, 2.45) is 17.8 Å². The second-order valence-electron chi connectivity index (χ2n) is 12.5. The van der Waals surface area contributed by atoms with E-state index in [4.69, 9.17) is 9.47 Å².